The Balaban J connectivity index is 2.05. The zero-order chi connectivity index (χ0) is 12.1. The first-order valence-electron chi connectivity index (χ1n) is 5.15. The van der Waals surface area contributed by atoms with Crippen LogP contribution in [0.15, 0.2) is 47.2 Å². The number of aromatic nitrogens is 1. The van der Waals surface area contributed by atoms with Gasteiger partial charge in [-0.05, 0) is 18.2 Å². The van der Waals surface area contributed by atoms with Crippen molar-refractivity contribution >= 4 is 15.9 Å². The van der Waals surface area contributed by atoms with Gasteiger partial charge >= 0.3 is 0 Å². The highest BCUT2D eigenvalue weighted by Crippen LogP contribution is 2.21. The summed E-state index contributed by atoms with van der Waals surface area (Å²) in [5.41, 5.74) is 1.01. The molecule has 2 aromatic rings. The summed E-state index contributed by atoms with van der Waals surface area (Å²) in [6.45, 7) is 0.474. The summed E-state index contributed by atoms with van der Waals surface area (Å²) >= 11 is 3.45. The van der Waals surface area contributed by atoms with Crippen LogP contribution in [-0.4, -0.2) is 12.1 Å². The van der Waals surface area contributed by atoms with Crippen LogP contribution in [0.3, 0.4) is 0 Å². The molecule has 2 rings (SSSR count). The van der Waals surface area contributed by atoms with Crippen molar-refractivity contribution in [2.24, 2.45) is 0 Å². The molecule has 0 spiro atoms. The van der Waals surface area contributed by atoms with E-state index < -0.39 is 0 Å². The minimum absolute atomic E-state index is 0.474. The molecule has 0 unspecified atom stereocenters. The predicted octanol–water partition coefficient (Wildman–Crippen LogP) is 3.43. The SMILES string of the molecule is COc1cccc(OCc2cnccc2Br)c1. The summed E-state index contributed by atoms with van der Waals surface area (Å²) in [6, 6.07) is 9.42. The Labute approximate surface area is 109 Å². The lowest BCUT2D eigenvalue weighted by atomic mass is 10.3. The van der Waals surface area contributed by atoms with E-state index in [9.17, 15) is 0 Å². The number of benzene rings is 1. The van der Waals surface area contributed by atoms with Gasteiger partial charge in [0.05, 0.1) is 7.11 Å². The highest BCUT2D eigenvalue weighted by Gasteiger charge is 2.01. The van der Waals surface area contributed by atoms with Crippen molar-refractivity contribution in [1.82, 2.24) is 4.98 Å². The number of ether oxygens (including phenoxy) is 2. The topological polar surface area (TPSA) is 31.4 Å². The largest absolute Gasteiger partial charge is 0.497 e. The fourth-order valence-electron chi connectivity index (χ4n) is 1.37. The van der Waals surface area contributed by atoms with Crippen LogP contribution >= 0.6 is 15.9 Å². The Morgan fingerprint density at radius 2 is 2.06 bits per heavy atom. The standard InChI is InChI=1S/C13H12BrNO2/c1-16-11-3-2-4-12(7-11)17-9-10-8-15-6-5-13(10)14/h2-8H,9H2,1H3. The van der Waals surface area contributed by atoms with Gasteiger partial charge in [0.25, 0.3) is 0 Å². The van der Waals surface area contributed by atoms with Gasteiger partial charge in [-0.1, -0.05) is 22.0 Å². The molecule has 4 heteroatoms. The monoisotopic (exact) mass is 293 g/mol. The number of methoxy groups -OCH3 is 1. The third-order valence-electron chi connectivity index (χ3n) is 2.28. The molecule has 1 heterocycles. The van der Waals surface area contributed by atoms with Gasteiger partial charge < -0.3 is 9.47 Å². The summed E-state index contributed by atoms with van der Waals surface area (Å²) in [5, 5.41) is 0. The van der Waals surface area contributed by atoms with Crippen molar-refractivity contribution in [3.63, 3.8) is 0 Å². The average molecular weight is 294 g/mol. The van der Waals surface area contributed by atoms with E-state index >= 15 is 0 Å². The summed E-state index contributed by atoms with van der Waals surface area (Å²) in [6.07, 6.45) is 3.52. The first-order valence-corrected chi connectivity index (χ1v) is 5.94. The number of nitrogens with zero attached hydrogens (tertiary/aromatic N) is 1. The smallest absolute Gasteiger partial charge is 0.123 e. The lowest BCUT2D eigenvalue weighted by Gasteiger charge is -2.08. The highest BCUT2D eigenvalue weighted by atomic mass is 79.9. The molecule has 0 radical (unpaired) electrons. The molecular weight excluding hydrogens is 282 g/mol. The molecule has 1 aromatic carbocycles. The van der Waals surface area contributed by atoms with Crippen molar-refractivity contribution in [3.05, 3.63) is 52.8 Å². The number of hydrogen-bond donors (Lipinski definition) is 0. The molecule has 0 aliphatic carbocycles. The fraction of sp³-hybridized carbons (Fsp3) is 0.154. The molecule has 1 aromatic heterocycles. The Morgan fingerprint density at radius 1 is 1.24 bits per heavy atom. The van der Waals surface area contributed by atoms with Crippen LogP contribution in [0.25, 0.3) is 0 Å². The van der Waals surface area contributed by atoms with E-state index in [1.165, 1.54) is 0 Å². The molecule has 0 saturated carbocycles. The van der Waals surface area contributed by atoms with Crippen LogP contribution in [0.4, 0.5) is 0 Å². The highest BCUT2D eigenvalue weighted by molar-refractivity contribution is 9.10. The van der Waals surface area contributed by atoms with E-state index in [2.05, 4.69) is 20.9 Å². The number of rotatable bonds is 4. The normalized spacial score (nSPS) is 10.0. The molecule has 0 N–H and O–H groups in total. The van der Waals surface area contributed by atoms with E-state index in [4.69, 9.17) is 9.47 Å². The quantitative estimate of drug-likeness (QED) is 0.865. The van der Waals surface area contributed by atoms with E-state index in [1.807, 2.05) is 30.3 Å². The zero-order valence-electron chi connectivity index (χ0n) is 9.39. The molecule has 0 bridgehead atoms. The van der Waals surface area contributed by atoms with E-state index in [0.29, 0.717) is 6.61 Å². The second kappa shape index (κ2) is 5.68. The van der Waals surface area contributed by atoms with Gasteiger partial charge in [0.15, 0.2) is 0 Å². The maximum Gasteiger partial charge on any atom is 0.123 e. The van der Waals surface area contributed by atoms with Crippen molar-refractivity contribution < 1.29 is 9.47 Å². The summed E-state index contributed by atoms with van der Waals surface area (Å²) in [7, 11) is 1.64. The van der Waals surface area contributed by atoms with Crippen LogP contribution in [0.2, 0.25) is 0 Å². The van der Waals surface area contributed by atoms with Crippen molar-refractivity contribution in [2.45, 2.75) is 6.61 Å². The van der Waals surface area contributed by atoms with Gasteiger partial charge in [-0.2, -0.15) is 0 Å². The van der Waals surface area contributed by atoms with E-state index in [0.717, 1.165) is 21.5 Å². The molecular formula is C13H12BrNO2. The molecule has 0 saturated heterocycles. The molecule has 0 fully saturated rings. The number of pyridine rings is 1. The fourth-order valence-corrected chi connectivity index (χ4v) is 1.70. The minimum Gasteiger partial charge on any atom is -0.497 e. The van der Waals surface area contributed by atoms with Gasteiger partial charge in [0.2, 0.25) is 0 Å². The molecule has 0 aliphatic rings. The Morgan fingerprint density at radius 3 is 2.82 bits per heavy atom. The van der Waals surface area contributed by atoms with Crippen LogP contribution < -0.4 is 9.47 Å². The van der Waals surface area contributed by atoms with Crippen LogP contribution in [0.5, 0.6) is 11.5 Å². The molecule has 0 atom stereocenters. The summed E-state index contributed by atoms with van der Waals surface area (Å²) < 4.78 is 11.8. The first kappa shape index (κ1) is 11.9. The van der Waals surface area contributed by atoms with Crippen LogP contribution in [0, 0.1) is 0 Å². The average Bonchev–Trinajstić information content (AvgIpc) is 2.38. The lowest BCUT2D eigenvalue weighted by Crippen LogP contribution is -1.97. The Hall–Kier alpha value is -1.55. The van der Waals surface area contributed by atoms with Crippen LogP contribution in [-0.2, 0) is 6.61 Å². The maximum atomic E-state index is 5.67. The third kappa shape index (κ3) is 3.20. The summed E-state index contributed by atoms with van der Waals surface area (Å²) in [4.78, 5) is 4.06. The van der Waals surface area contributed by atoms with Crippen molar-refractivity contribution in [2.75, 3.05) is 7.11 Å². The molecule has 3 nitrogen and oxygen atoms in total. The lowest BCUT2D eigenvalue weighted by molar-refractivity contribution is 0.302. The van der Waals surface area contributed by atoms with Gasteiger partial charge in [-0.25, -0.2) is 0 Å². The second-order valence-electron chi connectivity index (χ2n) is 3.43. The molecule has 17 heavy (non-hydrogen) atoms. The van der Waals surface area contributed by atoms with E-state index in [-0.39, 0.29) is 0 Å². The number of halogens is 1. The predicted molar refractivity (Wildman–Crippen MR) is 69.3 cm³/mol. The Bertz CT molecular complexity index is 502. The number of hydrogen-bond acceptors (Lipinski definition) is 3. The van der Waals surface area contributed by atoms with Gasteiger partial charge in [-0.15, -0.1) is 0 Å². The first-order chi connectivity index (χ1) is 8.29. The third-order valence-corrected chi connectivity index (χ3v) is 3.05. The zero-order valence-corrected chi connectivity index (χ0v) is 11.0. The van der Waals surface area contributed by atoms with Crippen molar-refractivity contribution in [3.8, 4) is 11.5 Å². The van der Waals surface area contributed by atoms with Crippen LogP contribution in [0.1, 0.15) is 5.56 Å². The van der Waals surface area contributed by atoms with Gasteiger partial charge in [0, 0.05) is 28.5 Å². The minimum atomic E-state index is 0.474. The Kier molecular flexibility index (Phi) is 3.98. The van der Waals surface area contributed by atoms with E-state index in [1.54, 1.807) is 19.5 Å². The van der Waals surface area contributed by atoms with Gasteiger partial charge in [0.1, 0.15) is 18.1 Å². The van der Waals surface area contributed by atoms with Gasteiger partial charge in [-0.3, -0.25) is 4.98 Å². The molecule has 88 valence electrons. The molecule has 0 amide bonds. The summed E-state index contributed by atoms with van der Waals surface area (Å²) in [5.74, 6) is 1.56. The van der Waals surface area contributed by atoms with Crippen molar-refractivity contribution in [1.29, 1.82) is 0 Å². The maximum absolute atomic E-state index is 5.67. The molecule has 0 aliphatic heterocycles. The second-order valence-corrected chi connectivity index (χ2v) is 4.29.